The first-order valence-corrected chi connectivity index (χ1v) is 9.06. The SMILES string of the molecule is Cc1ccc(Nc2nc(C)cc(NCCc3ccccc3)n2)c(Br)c1. The molecule has 0 amide bonds. The summed E-state index contributed by atoms with van der Waals surface area (Å²) in [6, 6.07) is 18.5. The number of nitrogens with zero attached hydrogens (tertiary/aromatic N) is 2. The maximum atomic E-state index is 4.57. The summed E-state index contributed by atoms with van der Waals surface area (Å²) < 4.78 is 0.996. The highest BCUT2D eigenvalue weighted by molar-refractivity contribution is 9.10. The third kappa shape index (κ3) is 5.03. The molecule has 1 aromatic heterocycles. The van der Waals surface area contributed by atoms with E-state index in [4.69, 9.17) is 0 Å². The maximum Gasteiger partial charge on any atom is 0.229 e. The highest BCUT2D eigenvalue weighted by atomic mass is 79.9. The van der Waals surface area contributed by atoms with Gasteiger partial charge in [0.2, 0.25) is 5.95 Å². The molecule has 2 aromatic carbocycles. The molecule has 0 atom stereocenters. The molecule has 3 rings (SSSR count). The molecule has 0 aliphatic rings. The molecule has 0 bridgehead atoms. The molecule has 2 N–H and O–H groups in total. The van der Waals surface area contributed by atoms with Crippen LogP contribution < -0.4 is 10.6 Å². The van der Waals surface area contributed by atoms with Crippen LogP contribution in [0, 0.1) is 13.8 Å². The predicted molar refractivity (Wildman–Crippen MR) is 108 cm³/mol. The number of aromatic nitrogens is 2. The molecule has 0 radical (unpaired) electrons. The minimum Gasteiger partial charge on any atom is -0.370 e. The van der Waals surface area contributed by atoms with Crippen molar-refractivity contribution in [2.45, 2.75) is 20.3 Å². The van der Waals surface area contributed by atoms with Crippen LogP contribution in [0.4, 0.5) is 17.5 Å². The third-order valence-corrected chi connectivity index (χ3v) is 4.44. The van der Waals surface area contributed by atoms with Gasteiger partial charge in [0.15, 0.2) is 0 Å². The second kappa shape index (κ2) is 8.12. The topological polar surface area (TPSA) is 49.8 Å². The summed E-state index contributed by atoms with van der Waals surface area (Å²) in [5.74, 6) is 1.42. The van der Waals surface area contributed by atoms with Crippen molar-refractivity contribution in [3.05, 3.63) is 75.9 Å². The number of aryl methyl sites for hydroxylation is 2. The Kier molecular flexibility index (Phi) is 5.66. The molecular formula is C20H21BrN4. The van der Waals surface area contributed by atoms with Crippen molar-refractivity contribution in [3.63, 3.8) is 0 Å². The Labute approximate surface area is 156 Å². The van der Waals surface area contributed by atoms with Crippen LogP contribution in [0.5, 0.6) is 0 Å². The van der Waals surface area contributed by atoms with Crippen LogP contribution in [0.15, 0.2) is 59.1 Å². The first kappa shape index (κ1) is 17.4. The normalized spacial score (nSPS) is 10.5. The van der Waals surface area contributed by atoms with E-state index in [1.807, 2.05) is 25.1 Å². The molecule has 4 nitrogen and oxygen atoms in total. The molecular weight excluding hydrogens is 376 g/mol. The number of halogens is 1. The van der Waals surface area contributed by atoms with Gasteiger partial charge in [0, 0.05) is 22.8 Å². The van der Waals surface area contributed by atoms with E-state index in [-0.39, 0.29) is 0 Å². The Bertz CT molecular complexity index is 850. The van der Waals surface area contributed by atoms with Crippen molar-refractivity contribution in [1.82, 2.24) is 9.97 Å². The summed E-state index contributed by atoms with van der Waals surface area (Å²) in [5, 5.41) is 6.66. The van der Waals surface area contributed by atoms with Gasteiger partial charge in [0.1, 0.15) is 5.82 Å². The van der Waals surface area contributed by atoms with Gasteiger partial charge in [-0.3, -0.25) is 0 Å². The van der Waals surface area contributed by atoms with Gasteiger partial charge in [-0.15, -0.1) is 0 Å². The minimum absolute atomic E-state index is 0.590. The molecule has 0 saturated heterocycles. The molecule has 3 aromatic rings. The smallest absolute Gasteiger partial charge is 0.229 e. The van der Waals surface area contributed by atoms with Gasteiger partial charge in [0.25, 0.3) is 0 Å². The van der Waals surface area contributed by atoms with E-state index in [0.717, 1.165) is 34.6 Å². The van der Waals surface area contributed by atoms with E-state index in [2.05, 4.69) is 79.9 Å². The highest BCUT2D eigenvalue weighted by Crippen LogP contribution is 2.26. The Balaban J connectivity index is 1.67. The van der Waals surface area contributed by atoms with Gasteiger partial charge in [-0.05, 0) is 59.5 Å². The van der Waals surface area contributed by atoms with Crippen molar-refractivity contribution in [1.29, 1.82) is 0 Å². The molecule has 25 heavy (non-hydrogen) atoms. The quantitative estimate of drug-likeness (QED) is 0.596. The largest absolute Gasteiger partial charge is 0.370 e. The van der Waals surface area contributed by atoms with Crippen LogP contribution in [0.3, 0.4) is 0 Å². The van der Waals surface area contributed by atoms with Crippen molar-refractivity contribution in [3.8, 4) is 0 Å². The van der Waals surface area contributed by atoms with Gasteiger partial charge in [0.05, 0.1) is 5.69 Å². The number of hydrogen-bond donors (Lipinski definition) is 2. The van der Waals surface area contributed by atoms with Crippen LogP contribution >= 0.6 is 15.9 Å². The standard InChI is InChI=1S/C20H21BrN4/c1-14-8-9-18(17(21)12-14)24-20-23-15(2)13-19(25-20)22-11-10-16-6-4-3-5-7-16/h3-9,12-13H,10-11H2,1-2H3,(H2,22,23,24,25). The van der Waals surface area contributed by atoms with Gasteiger partial charge >= 0.3 is 0 Å². The summed E-state index contributed by atoms with van der Waals surface area (Å²) in [5.41, 5.74) is 4.38. The van der Waals surface area contributed by atoms with Gasteiger partial charge in [-0.2, -0.15) is 4.98 Å². The van der Waals surface area contributed by atoms with Crippen LogP contribution in [0.1, 0.15) is 16.8 Å². The van der Waals surface area contributed by atoms with Gasteiger partial charge in [-0.25, -0.2) is 4.98 Å². The van der Waals surface area contributed by atoms with E-state index in [9.17, 15) is 0 Å². The molecule has 0 spiro atoms. The summed E-state index contributed by atoms with van der Waals surface area (Å²) >= 11 is 3.58. The van der Waals surface area contributed by atoms with E-state index in [1.165, 1.54) is 11.1 Å². The number of rotatable bonds is 6. The average molecular weight is 397 g/mol. The second-order valence-corrected chi connectivity index (χ2v) is 6.84. The first-order chi connectivity index (χ1) is 12.1. The van der Waals surface area contributed by atoms with E-state index in [0.29, 0.717) is 5.95 Å². The summed E-state index contributed by atoms with van der Waals surface area (Å²) in [6.45, 7) is 4.86. The van der Waals surface area contributed by atoms with Crippen LogP contribution in [-0.4, -0.2) is 16.5 Å². The molecule has 0 aliphatic heterocycles. The van der Waals surface area contributed by atoms with Crippen molar-refractivity contribution in [2.24, 2.45) is 0 Å². The maximum absolute atomic E-state index is 4.57. The second-order valence-electron chi connectivity index (χ2n) is 5.99. The Morgan fingerprint density at radius 3 is 2.52 bits per heavy atom. The summed E-state index contributed by atoms with van der Waals surface area (Å²) in [4.78, 5) is 9.05. The lowest BCUT2D eigenvalue weighted by atomic mass is 10.1. The van der Waals surface area contributed by atoms with Gasteiger partial charge in [-0.1, -0.05) is 36.4 Å². The summed E-state index contributed by atoms with van der Waals surface area (Å²) in [7, 11) is 0. The van der Waals surface area contributed by atoms with Crippen molar-refractivity contribution < 1.29 is 0 Å². The van der Waals surface area contributed by atoms with E-state index >= 15 is 0 Å². The fourth-order valence-corrected chi connectivity index (χ4v) is 3.13. The van der Waals surface area contributed by atoms with Crippen LogP contribution in [0.25, 0.3) is 0 Å². The Hall–Kier alpha value is -2.40. The number of benzene rings is 2. The molecule has 1 heterocycles. The average Bonchev–Trinajstić information content (AvgIpc) is 2.58. The highest BCUT2D eigenvalue weighted by Gasteiger charge is 2.05. The van der Waals surface area contributed by atoms with Crippen LogP contribution in [-0.2, 0) is 6.42 Å². The lowest BCUT2D eigenvalue weighted by Gasteiger charge is -2.11. The minimum atomic E-state index is 0.590. The Morgan fingerprint density at radius 2 is 1.76 bits per heavy atom. The molecule has 5 heteroatoms. The fourth-order valence-electron chi connectivity index (χ4n) is 2.54. The van der Waals surface area contributed by atoms with E-state index in [1.54, 1.807) is 0 Å². The lowest BCUT2D eigenvalue weighted by Crippen LogP contribution is -2.08. The molecule has 128 valence electrons. The zero-order chi connectivity index (χ0) is 17.6. The Morgan fingerprint density at radius 1 is 0.960 bits per heavy atom. The predicted octanol–water partition coefficient (Wildman–Crippen LogP) is 5.25. The van der Waals surface area contributed by atoms with Gasteiger partial charge < -0.3 is 10.6 Å². The lowest BCUT2D eigenvalue weighted by molar-refractivity contribution is 0.995. The van der Waals surface area contributed by atoms with Crippen LogP contribution in [0.2, 0.25) is 0 Å². The zero-order valence-corrected chi connectivity index (χ0v) is 16.0. The van der Waals surface area contributed by atoms with Crippen molar-refractivity contribution in [2.75, 3.05) is 17.2 Å². The molecule has 0 aliphatic carbocycles. The molecule has 0 fully saturated rings. The summed E-state index contributed by atoms with van der Waals surface area (Å²) in [6.07, 6.45) is 0.955. The van der Waals surface area contributed by atoms with E-state index < -0.39 is 0 Å². The fraction of sp³-hybridized carbons (Fsp3) is 0.200. The number of nitrogens with one attached hydrogen (secondary N) is 2. The first-order valence-electron chi connectivity index (χ1n) is 8.27. The molecule has 0 saturated carbocycles. The molecule has 0 unspecified atom stereocenters. The van der Waals surface area contributed by atoms with Crippen molar-refractivity contribution >= 4 is 33.4 Å². The monoisotopic (exact) mass is 396 g/mol. The number of hydrogen-bond acceptors (Lipinski definition) is 4. The number of anilines is 3. The third-order valence-electron chi connectivity index (χ3n) is 3.79. The zero-order valence-electron chi connectivity index (χ0n) is 14.4.